The van der Waals surface area contributed by atoms with E-state index < -0.39 is 0 Å². The Balaban J connectivity index is 1.33. The summed E-state index contributed by atoms with van der Waals surface area (Å²) in [7, 11) is 0. The largest absolute Gasteiger partial charge is 0.354 e. The molecule has 4 N–H and O–H groups in total. The fraction of sp³-hybridized carbons (Fsp3) is 0.240. The number of hydrogen-bond donors (Lipinski definition) is 3. The van der Waals surface area contributed by atoms with Gasteiger partial charge in [-0.2, -0.15) is 0 Å². The number of nitrogens with two attached hydrogens (primary N) is 1. The topological polar surface area (TPSA) is 97.1 Å². The molecule has 6 heteroatoms. The molecule has 0 fully saturated rings. The number of fused-ring (bicyclic) bond motifs is 1. The molecule has 0 unspecified atom stereocenters. The Morgan fingerprint density at radius 3 is 2.55 bits per heavy atom. The summed E-state index contributed by atoms with van der Waals surface area (Å²) in [5, 5.41) is 5.84. The second-order valence-corrected chi connectivity index (χ2v) is 7.81. The Hall–Kier alpha value is -3.51. The summed E-state index contributed by atoms with van der Waals surface area (Å²) in [5.74, 6) is -0.289. The highest BCUT2D eigenvalue weighted by molar-refractivity contribution is 6.04. The lowest BCUT2D eigenvalue weighted by Crippen LogP contribution is -2.36. The summed E-state index contributed by atoms with van der Waals surface area (Å²) in [5.41, 5.74) is 10.8. The van der Waals surface area contributed by atoms with Gasteiger partial charge in [0.05, 0.1) is 5.92 Å². The molecule has 2 atom stereocenters. The molecule has 2 aromatic carbocycles. The summed E-state index contributed by atoms with van der Waals surface area (Å²) in [6.07, 6.45) is 6.15. The van der Waals surface area contributed by atoms with Gasteiger partial charge in [0.25, 0.3) is 5.91 Å². The first-order chi connectivity index (χ1) is 15.1. The summed E-state index contributed by atoms with van der Waals surface area (Å²) >= 11 is 0. The minimum atomic E-state index is -0.347. The fourth-order valence-corrected chi connectivity index (χ4v) is 4.00. The highest BCUT2D eigenvalue weighted by Gasteiger charge is 2.26. The van der Waals surface area contributed by atoms with Crippen molar-refractivity contribution in [1.29, 1.82) is 0 Å². The number of nitrogens with zero attached hydrogens (tertiary/aromatic N) is 1. The molecular formula is C25H26N4O2. The number of rotatable bonds is 6. The average Bonchev–Trinajstić information content (AvgIpc) is 2.82. The van der Waals surface area contributed by atoms with Crippen molar-refractivity contribution in [2.75, 3.05) is 11.9 Å². The van der Waals surface area contributed by atoms with E-state index >= 15 is 0 Å². The van der Waals surface area contributed by atoms with E-state index in [1.54, 1.807) is 36.7 Å². The van der Waals surface area contributed by atoms with Gasteiger partial charge in [-0.25, -0.2) is 0 Å². The summed E-state index contributed by atoms with van der Waals surface area (Å²) < 4.78 is 0. The van der Waals surface area contributed by atoms with E-state index in [1.807, 2.05) is 30.3 Å². The molecule has 31 heavy (non-hydrogen) atoms. The van der Waals surface area contributed by atoms with Gasteiger partial charge in [-0.1, -0.05) is 36.4 Å². The second-order valence-electron chi connectivity index (χ2n) is 7.81. The maximum Gasteiger partial charge on any atom is 0.255 e. The minimum Gasteiger partial charge on any atom is -0.354 e. The first kappa shape index (κ1) is 20.8. The van der Waals surface area contributed by atoms with Crippen molar-refractivity contribution in [1.82, 2.24) is 10.3 Å². The molecule has 0 radical (unpaired) electrons. The van der Waals surface area contributed by atoms with Gasteiger partial charge in [-0.3, -0.25) is 14.6 Å². The molecule has 0 bridgehead atoms. The predicted octanol–water partition coefficient (Wildman–Crippen LogP) is 3.57. The molecule has 0 aliphatic heterocycles. The molecule has 4 rings (SSSR count). The number of hydrogen-bond acceptors (Lipinski definition) is 4. The Bertz CT molecular complexity index is 1050. The minimum absolute atomic E-state index is 0.0240. The van der Waals surface area contributed by atoms with E-state index in [4.69, 9.17) is 5.73 Å². The second kappa shape index (κ2) is 9.53. The molecule has 1 aromatic heterocycles. The lowest BCUT2D eigenvalue weighted by atomic mass is 9.82. The first-order valence-electron chi connectivity index (χ1n) is 10.5. The van der Waals surface area contributed by atoms with E-state index in [0.29, 0.717) is 17.8 Å². The number of anilines is 1. The molecule has 1 aliphatic rings. The van der Waals surface area contributed by atoms with Crippen LogP contribution in [0.1, 0.15) is 51.8 Å². The standard InChI is InChI=1S/C25H26N4O2/c26-23(16-28-25(31)22-7-3-5-17-4-1-2-6-21(17)22)18-8-10-19(11-9-18)24(30)29-20-12-14-27-15-13-20/h1-2,4,6,8-15,22-23H,3,5,7,16,26H2,(H,28,31)(H,27,29,30)/t22-,23+/m0/s1. The first-order valence-corrected chi connectivity index (χ1v) is 10.5. The van der Waals surface area contributed by atoms with E-state index in [0.717, 1.165) is 30.4 Å². The fourth-order valence-electron chi connectivity index (χ4n) is 4.00. The van der Waals surface area contributed by atoms with Crippen LogP contribution in [0.15, 0.2) is 73.1 Å². The van der Waals surface area contributed by atoms with Crippen molar-refractivity contribution in [3.63, 3.8) is 0 Å². The molecule has 0 saturated carbocycles. The van der Waals surface area contributed by atoms with Crippen LogP contribution >= 0.6 is 0 Å². The quantitative estimate of drug-likeness (QED) is 0.574. The predicted molar refractivity (Wildman–Crippen MR) is 121 cm³/mol. The summed E-state index contributed by atoms with van der Waals surface area (Å²) in [6, 6.07) is 18.4. The maximum atomic E-state index is 12.8. The third-order valence-corrected chi connectivity index (χ3v) is 5.72. The van der Waals surface area contributed by atoms with Crippen LogP contribution in [0.4, 0.5) is 5.69 Å². The smallest absolute Gasteiger partial charge is 0.255 e. The van der Waals surface area contributed by atoms with Crippen LogP contribution in [0.3, 0.4) is 0 Å². The lowest BCUT2D eigenvalue weighted by Gasteiger charge is -2.25. The van der Waals surface area contributed by atoms with Gasteiger partial charge in [0.15, 0.2) is 0 Å². The van der Waals surface area contributed by atoms with Gasteiger partial charge in [-0.15, -0.1) is 0 Å². The van der Waals surface area contributed by atoms with E-state index in [9.17, 15) is 9.59 Å². The number of carbonyl (C=O) groups excluding carboxylic acids is 2. The molecular weight excluding hydrogens is 388 g/mol. The molecule has 1 heterocycles. The van der Waals surface area contributed by atoms with Gasteiger partial charge in [0.2, 0.25) is 5.91 Å². The number of aryl methyl sites for hydroxylation is 1. The van der Waals surface area contributed by atoms with Crippen molar-refractivity contribution in [2.24, 2.45) is 5.73 Å². The molecule has 158 valence electrons. The molecule has 1 aliphatic carbocycles. The number of carbonyl (C=O) groups is 2. The average molecular weight is 415 g/mol. The SMILES string of the molecule is N[C@H](CNC(=O)[C@H]1CCCc2ccccc21)c1ccc(C(=O)Nc2ccncc2)cc1. The number of amides is 2. The Labute approximate surface area is 181 Å². The zero-order valence-electron chi connectivity index (χ0n) is 17.3. The number of pyridine rings is 1. The Morgan fingerprint density at radius 1 is 1.03 bits per heavy atom. The van der Waals surface area contributed by atoms with Crippen LogP contribution in [0.25, 0.3) is 0 Å². The van der Waals surface area contributed by atoms with Crippen LogP contribution in [0.5, 0.6) is 0 Å². The van der Waals surface area contributed by atoms with Gasteiger partial charge in [0, 0.05) is 36.2 Å². The summed E-state index contributed by atoms with van der Waals surface area (Å²) in [4.78, 5) is 29.1. The van der Waals surface area contributed by atoms with E-state index in [2.05, 4.69) is 21.7 Å². The third-order valence-electron chi connectivity index (χ3n) is 5.72. The third kappa shape index (κ3) is 4.98. The van der Waals surface area contributed by atoms with Gasteiger partial charge in [-0.05, 0) is 60.2 Å². The van der Waals surface area contributed by atoms with Crippen molar-refractivity contribution in [3.8, 4) is 0 Å². The van der Waals surface area contributed by atoms with Crippen LogP contribution < -0.4 is 16.4 Å². The highest BCUT2D eigenvalue weighted by Crippen LogP contribution is 2.31. The van der Waals surface area contributed by atoms with Crippen molar-refractivity contribution in [3.05, 3.63) is 95.3 Å². The number of aromatic nitrogens is 1. The lowest BCUT2D eigenvalue weighted by molar-refractivity contribution is -0.122. The molecule has 3 aromatic rings. The Morgan fingerprint density at radius 2 is 1.77 bits per heavy atom. The maximum absolute atomic E-state index is 12.8. The number of nitrogens with one attached hydrogen (secondary N) is 2. The van der Waals surface area contributed by atoms with E-state index in [1.165, 1.54) is 5.56 Å². The molecule has 0 spiro atoms. The van der Waals surface area contributed by atoms with Crippen LogP contribution in [0, 0.1) is 0 Å². The highest BCUT2D eigenvalue weighted by atomic mass is 16.2. The Kier molecular flexibility index (Phi) is 6.38. The number of benzene rings is 2. The van der Waals surface area contributed by atoms with Gasteiger partial charge in [0.1, 0.15) is 0 Å². The molecule has 0 saturated heterocycles. The normalized spacial score (nSPS) is 16.1. The van der Waals surface area contributed by atoms with Crippen molar-refractivity contribution >= 4 is 17.5 Å². The zero-order valence-corrected chi connectivity index (χ0v) is 17.3. The molecule has 2 amide bonds. The van der Waals surface area contributed by atoms with Crippen LogP contribution in [-0.2, 0) is 11.2 Å². The van der Waals surface area contributed by atoms with Crippen molar-refractivity contribution in [2.45, 2.75) is 31.2 Å². The van der Waals surface area contributed by atoms with E-state index in [-0.39, 0.29) is 23.8 Å². The zero-order chi connectivity index (χ0) is 21.6. The van der Waals surface area contributed by atoms with Gasteiger partial charge < -0.3 is 16.4 Å². The van der Waals surface area contributed by atoms with Crippen molar-refractivity contribution < 1.29 is 9.59 Å². The monoisotopic (exact) mass is 414 g/mol. The summed E-state index contributed by atoms with van der Waals surface area (Å²) in [6.45, 7) is 0.347. The van der Waals surface area contributed by atoms with Crippen LogP contribution in [0.2, 0.25) is 0 Å². The van der Waals surface area contributed by atoms with Gasteiger partial charge >= 0.3 is 0 Å². The van der Waals surface area contributed by atoms with Crippen LogP contribution in [-0.4, -0.2) is 23.3 Å². The molecule has 6 nitrogen and oxygen atoms in total.